The topological polar surface area (TPSA) is 57.4 Å². The first kappa shape index (κ1) is 9.88. The van der Waals surface area contributed by atoms with E-state index in [-0.39, 0.29) is 0 Å². The summed E-state index contributed by atoms with van der Waals surface area (Å²) in [7, 11) is 0. The fraction of sp³-hybridized carbons (Fsp3) is 0.286. The molecular formula is C14H14N4. The average molecular weight is 238 g/mol. The summed E-state index contributed by atoms with van der Waals surface area (Å²) < 4.78 is 0. The van der Waals surface area contributed by atoms with Crippen LogP contribution in [0.15, 0.2) is 24.3 Å². The molecule has 2 heterocycles. The fourth-order valence-electron chi connectivity index (χ4n) is 2.71. The van der Waals surface area contributed by atoms with Crippen LogP contribution in [0.1, 0.15) is 24.2 Å². The van der Waals surface area contributed by atoms with Crippen LogP contribution in [-0.2, 0) is 12.8 Å². The highest BCUT2D eigenvalue weighted by atomic mass is 15.1. The molecule has 1 aliphatic rings. The Hall–Kier alpha value is -2.10. The third-order valence-corrected chi connectivity index (χ3v) is 3.65. The largest absolute Gasteiger partial charge is 0.340 e. The van der Waals surface area contributed by atoms with Crippen molar-refractivity contribution in [1.29, 1.82) is 0 Å². The van der Waals surface area contributed by atoms with Gasteiger partial charge in [-0.1, -0.05) is 18.2 Å². The maximum atomic E-state index is 4.71. The minimum absolute atomic E-state index is 0.902. The first-order chi connectivity index (χ1) is 8.92. The van der Waals surface area contributed by atoms with E-state index in [4.69, 9.17) is 4.98 Å². The van der Waals surface area contributed by atoms with E-state index in [1.807, 2.05) is 18.2 Å². The predicted molar refractivity (Wildman–Crippen MR) is 70.3 cm³/mol. The number of aromatic amines is 2. The number of fused-ring (bicyclic) bond motifs is 2. The number of imidazole rings is 1. The molecule has 4 rings (SSSR count). The van der Waals surface area contributed by atoms with Crippen LogP contribution in [0, 0.1) is 0 Å². The normalized spacial score (nSPS) is 14.9. The Morgan fingerprint density at radius 2 is 1.94 bits per heavy atom. The predicted octanol–water partition coefficient (Wildman–Crippen LogP) is 2.83. The second-order valence-corrected chi connectivity index (χ2v) is 4.84. The number of nitrogens with zero attached hydrogens (tertiary/aromatic N) is 2. The van der Waals surface area contributed by atoms with Crippen molar-refractivity contribution in [3.8, 4) is 11.5 Å². The Morgan fingerprint density at radius 1 is 1.06 bits per heavy atom. The molecular weight excluding hydrogens is 224 g/mol. The number of hydrogen-bond acceptors (Lipinski definition) is 2. The monoisotopic (exact) mass is 238 g/mol. The van der Waals surface area contributed by atoms with E-state index < -0.39 is 0 Å². The van der Waals surface area contributed by atoms with E-state index in [2.05, 4.69) is 21.2 Å². The molecule has 0 saturated carbocycles. The number of benzene rings is 1. The molecule has 2 N–H and O–H groups in total. The second-order valence-electron chi connectivity index (χ2n) is 4.84. The number of aryl methyl sites for hydroxylation is 2. The van der Waals surface area contributed by atoms with Gasteiger partial charge >= 0.3 is 0 Å². The molecule has 90 valence electrons. The quantitative estimate of drug-likeness (QED) is 0.685. The number of hydrogen-bond donors (Lipinski definition) is 2. The van der Waals surface area contributed by atoms with Gasteiger partial charge in [0.25, 0.3) is 0 Å². The first-order valence-electron chi connectivity index (χ1n) is 6.43. The van der Waals surface area contributed by atoms with Gasteiger partial charge < -0.3 is 4.98 Å². The van der Waals surface area contributed by atoms with Crippen LogP contribution < -0.4 is 0 Å². The summed E-state index contributed by atoms with van der Waals surface area (Å²) >= 11 is 0. The van der Waals surface area contributed by atoms with Crippen molar-refractivity contribution in [2.45, 2.75) is 25.7 Å². The smallest absolute Gasteiger partial charge is 0.159 e. The Balaban J connectivity index is 1.89. The molecule has 0 amide bonds. The van der Waals surface area contributed by atoms with Gasteiger partial charge in [0.2, 0.25) is 0 Å². The zero-order valence-electron chi connectivity index (χ0n) is 10.0. The Bertz CT molecular complexity index is 684. The summed E-state index contributed by atoms with van der Waals surface area (Å²) in [6.45, 7) is 0. The van der Waals surface area contributed by atoms with Crippen LogP contribution >= 0.6 is 0 Å². The van der Waals surface area contributed by atoms with Crippen LogP contribution in [0.4, 0.5) is 0 Å². The molecule has 1 aliphatic carbocycles. The van der Waals surface area contributed by atoms with Crippen molar-refractivity contribution < 1.29 is 0 Å². The number of aromatic nitrogens is 4. The maximum Gasteiger partial charge on any atom is 0.159 e. The standard InChI is InChI=1S/C14H14N4/c1-2-6-10-9(5-1)13(18-17-10)14-15-11-7-3-4-8-12(11)16-14/h1-2,5-6H,3-4,7-8H2,(H,15,16)(H,17,18). The highest BCUT2D eigenvalue weighted by Crippen LogP contribution is 2.27. The van der Waals surface area contributed by atoms with Crippen molar-refractivity contribution >= 4 is 10.9 Å². The highest BCUT2D eigenvalue weighted by Gasteiger charge is 2.17. The van der Waals surface area contributed by atoms with Crippen LogP contribution in [0.25, 0.3) is 22.4 Å². The zero-order chi connectivity index (χ0) is 11.9. The van der Waals surface area contributed by atoms with Gasteiger partial charge in [0.1, 0.15) is 5.69 Å². The summed E-state index contributed by atoms with van der Waals surface area (Å²) in [6, 6.07) is 8.16. The van der Waals surface area contributed by atoms with Crippen molar-refractivity contribution in [3.05, 3.63) is 35.7 Å². The van der Waals surface area contributed by atoms with Gasteiger partial charge in [-0.3, -0.25) is 5.10 Å². The van der Waals surface area contributed by atoms with Gasteiger partial charge in [-0.05, 0) is 31.7 Å². The van der Waals surface area contributed by atoms with Gasteiger partial charge in [-0.25, -0.2) is 4.98 Å². The fourth-order valence-corrected chi connectivity index (χ4v) is 2.71. The molecule has 0 saturated heterocycles. The molecule has 0 unspecified atom stereocenters. The number of H-pyrrole nitrogens is 2. The van der Waals surface area contributed by atoms with E-state index in [9.17, 15) is 0 Å². The molecule has 0 spiro atoms. The zero-order valence-corrected chi connectivity index (χ0v) is 10.0. The summed E-state index contributed by atoms with van der Waals surface area (Å²) in [5.74, 6) is 0.902. The van der Waals surface area contributed by atoms with Gasteiger partial charge in [0, 0.05) is 11.1 Å². The van der Waals surface area contributed by atoms with E-state index in [1.165, 1.54) is 24.2 Å². The lowest BCUT2D eigenvalue weighted by Crippen LogP contribution is -2.00. The second kappa shape index (κ2) is 3.70. The van der Waals surface area contributed by atoms with Crippen LogP contribution in [0.2, 0.25) is 0 Å². The molecule has 0 bridgehead atoms. The average Bonchev–Trinajstić information content (AvgIpc) is 3.02. The van der Waals surface area contributed by atoms with Crippen molar-refractivity contribution in [1.82, 2.24) is 20.2 Å². The summed E-state index contributed by atoms with van der Waals surface area (Å²) in [4.78, 5) is 8.14. The van der Waals surface area contributed by atoms with Crippen LogP contribution in [0.5, 0.6) is 0 Å². The lowest BCUT2D eigenvalue weighted by atomic mass is 10.0. The first-order valence-corrected chi connectivity index (χ1v) is 6.43. The Morgan fingerprint density at radius 3 is 2.89 bits per heavy atom. The van der Waals surface area contributed by atoms with Gasteiger partial charge in [-0.2, -0.15) is 5.10 Å². The van der Waals surface area contributed by atoms with Gasteiger partial charge in [0.15, 0.2) is 5.82 Å². The number of para-hydroxylation sites is 1. The molecule has 4 nitrogen and oxygen atoms in total. The lowest BCUT2D eigenvalue weighted by Gasteiger charge is -2.07. The summed E-state index contributed by atoms with van der Waals surface area (Å²) in [5.41, 5.74) is 4.51. The molecule has 3 aromatic rings. The SMILES string of the molecule is c1ccc2c(-c3nc4c([nH]3)CCCC4)n[nH]c2c1. The minimum Gasteiger partial charge on any atom is -0.340 e. The summed E-state index contributed by atoms with van der Waals surface area (Å²) in [6.07, 6.45) is 4.72. The highest BCUT2D eigenvalue weighted by molar-refractivity contribution is 5.91. The number of rotatable bonds is 1. The van der Waals surface area contributed by atoms with Crippen LogP contribution in [0.3, 0.4) is 0 Å². The van der Waals surface area contributed by atoms with Crippen molar-refractivity contribution in [3.63, 3.8) is 0 Å². The molecule has 0 aliphatic heterocycles. The van der Waals surface area contributed by atoms with Gasteiger partial charge in [0.05, 0.1) is 11.2 Å². The lowest BCUT2D eigenvalue weighted by molar-refractivity contribution is 0.667. The molecule has 0 radical (unpaired) electrons. The minimum atomic E-state index is 0.902. The van der Waals surface area contributed by atoms with Crippen LogP contribution in [-0.4, -0.2) is 20.2 Å². The molecule has 0 atom stereocenters. The van der Waals surface area contributed by atoms with E-state index in [1.54, 1.807) is 0 Å². The molecule has 0 fully saturated rings. The summed E-state index contributed by atoms with van der Waals surface area (Å²) in [5, 5.41) is 8.58. The van der Waals surface area contributed by atoms with E-state index in [0.29, 0.717) is 0 Å². The molecule has 2 aromatic heterocycles. The Kier molecular flexibility index (Phi) is 2.03. The Labute approximate surface area is 104 Å². The van der Waals surface area contributed by atoms with E-state index in [0.717, 1.165) is 35.3 Å². The van der Waals surface area contributed by atoms with E-state index >= 15 is 0 Å². The number of nitrogens with one attached hydrogen (secondary N) is 2. The van der Waals surface area contributed by atoms with Gasteiger partial charge in [-0.15, -0.1) is 0 Å². The van der Waals surface area contributed by atoms with Crippen molar-refractivity contribution in [2.75, 3.05) is 0 Å². The third-order valence-electron chi connectivity index (χ3n) is 3.65. The van der Waals surface area contributed by atoms with Crippen molar-refractivity contribution in [2.24, 2.45) is 0 Å². The third kappa shape index (κ3) is 1.38. The molecule has 18 heavy (non-hydrogen) atoms. The maximum absolute atomic E-state index is 4.71. The molecule has 1 aromatic carbocycles. The molecule has 4 heteroatoms.